The number of alkyl halides is 2. The standard InChI is InChI=1S/C20H16F2N3O3P.C10H14.3CH4O.ClH.Ru/c21-20(22,29(26,27)28)15-10-8-14(9-11-15)13-25-18-7-2-1-5-16(18)24-19(25)17-6-3-4-12-23-17;1-8(2)10-6-4-9(3)5-7-10;3*1-2;;/h1-12H,13H2,(H2,26,27,28);4-8H,1-3H3;3*2H,1H3;1H;/q;;;;;;+2/p-2. The summed E-state index contributed by atoms with van der Waals surface area (Å²) in [6, 6.07) is 26.5. The number of nitrogens with zero attached hydrogens (tertiary/aromatic N) is 3. The number of imidazole rings is 1. The molecular formula is C33H41ClF2N3O6PRu. The molecule has 2 heterocycles. The first-order chi connectivity index (χ1) is 21.5. The Morgan fingerprint density at radius 2 is 1.38 bits per heavy atom. The third kappa shape index (κ3) is 12.9. The van der Waals surface area contributed by atoms with E-state index in [4.69, 9.17) is 20.2 Å². The van der Waals surface area contributed by atoms with E-state index in [1.807, 2.05) is 41.0 Å². The summed E-state index contributed by atoms with van der Waals surface area (Å²) in [5, 5.41) is 21.0. The van der Waals surface area contributed by atoms with Crippen molar-refractivity contribution in [1.82, 2.24) is 14.5 Å². The number of para-hydroxylation sites is 2. The number of benzene rings is 3. The van der Waals surface area contributed by atoms with Crippen molar-refractivity contribution in [3.8, 4) is 11.5 Å². The van der Waals surface area contributed by atoms with Gasteiger partial charge in [-0.3, -0.25) is 4.98 Å². The van der Waals surface area contributed by atoms with Crippen LogP contribution in [0.25, 0.3) is 22.6 Å². The van der Waals surface area contributed by atoms with Gasteiger partial charge in [0.25, 0.3) is 0 Å². The molecule has 0 aliphatic carbocycles. The summed E-state index contributed by atoms with van der Waals surface area (Å²) < 4.78 is 40.5. The molecule has 47 heavy (non-hydrogen) atoms. The first-order valence-electron chi connectivity index (χ1n) is 13.8. The monoisotopic (exact) mass is 781 g/mol. The number of aliphatic hydroxyl groups is 3. The van der Waals surface area contributed by atoms with Crippen molar-refractivity contribution in [2.75, 3.05) is 21.3 Å². The third-order valence-corrected chi connectivity index (χ3v) is 7.26. The predicted octanol–water partition coefficient (Wildman–Crippen LogP) is 2.69. The van der Waals surface area contributed by atoms with Gasteiger partial charge in [0.1, 0.15) is 5.69 Å². The molecule has 0 saturated heterocycles. The summed E-state index contributed by atoms with van der Waals surface area (Å²) in [5.74, 6) is 1.28. The summed E-state index contributed by atoms with van der Waals surface area (Å²) in [4.78, 5) is 28.7. The molecule has 0 aliphatic rings. The maximum atomic E-state index is 13.8. The van der Waals surface area contributed by atoms with Gasteiger partial charge in [0.2, 0.25) is 7.60 Å². The molecule has 14 heteroatoms. The molecule has 1 atom stereocenters. The normalized spacial score (nSPS) is 11.3. The van der Waals surface area contributed by atoms with Crippen LogP contribution >= 0.6 is 7.60 Å². The molecule has 0 saturated carbocycles. The van der Waals surface area contributed by atoms with Gasteiger partial charge in [-0.15, -0.1) is 0 Å². The Bertz CT molecular complexity index is 1610. The van der Waals surface area contributed by atoms with E-state index in [0.717, 1.165) is 44.5 Å². The molecule has 0 fully saturated rings. The van der Waals surface area contributed by atoms with Crippen molar-refractivity contribution in [1.29, 1.82) is 0 Å². The minimum Gasteiger partial charge on any atom is -1.00 e. The van der Waals surface area contributed by atoms with E-state index in [1.165, 1.54) is 23.3 Å². The molecule has 0 bridgehead atoms. The summed E-state index contributed by atoms with van der Waals surface area (Å²) in [7, 11) is -2.85. The number of hydrogen-bond donors (Lipinski definition) is 4. The molecule has 4 N–H and O–H groups in total. The van der Waals surface area contributed by atoms with Gasteiger partial charge in [0.05, 0.1) is 11.0 Å². The Kier molecular flexibility index (Phi) is 22.2. The van der Waals surface area contributed by atoms with Crippen LogP contribution in [0.1, 0.15) is 42.0 Å². The van der Waals surface area contributed by atoms with Gasteiger partial charge < -0.3 is 46.6 Å². The van der Waals surface area contributed by atoms with Crippen LogP contribution in [-0.4, -0.2) is 56.1 Å². The van der Waals surface area contributed by atoms with Crippen LogP contribution in [0.3, 0.4) is 0 Å². The van der Waals surface area contributed by atoms with Crippen molar-refractivity contribution in [3.63, 3.8) is 0 Å². The number of fused-ring (bicyclic) bond motifs is 1. The van der Waals surface area contributed by atoms with E-state index in [0.29, 0.717) is 29.5 Å². The van der Waals surface area contributed by atoms with E-state index >= 15 is 0 Å². The zero-order valence-corrected chi connectivity index (χ0v) is 30.3. The zero-order valence-electron chi connectivity index (χ0n) is 26.9. The van der Waals surface area contributed by atoms with Gasteiger partial charge in [0, 0.05) is 39.6 Å². The minimum atomic E-state index is -5.85. The van der Waals surface area contributed by atoms with E-state index in [1.54, 1.807) is 12.3 Å². The summed E-state index contributed by atoms with van der Waals surface area (Å²) in [6.45, 7) is 6.85. The van der Waals surface area contributed by atoms with Gasteiger partial charge in [-0.2, -0.15) is 8.78 Å². The SMILES string of the molecule is CO.CO.CO.Cc1ccc(C(C)C)cc1.O=P([O-])(O)C(F)(F)c1ccc(Cn2c(-c3ccccn3)nc3ccccc32)cc1.[Cl-].[Ru+2]. The van der Waals surface area contributed by atoms with Crippen LogP contribution in [0, 0.1) is 6.92 Å². The fraction of sp³-hybridized carbons (Fsp3) is 0.273. The number of pyridine rings is 1. The second kappa shape index (κ2) is 22.6. The van der Waals surface area contributed by atoms with Crippen LogP contribution in [0.15, 0.2) is 97.2 Å². The largest absolute Gasteiger partial charge is 2.00 e. The molecule has 5 aromatic rings. The molecule has 5 rings (SSSR count). The molecule has 0 radical (unpaired) electrons. The first-order valence-corrected chi connectivity index (χ1v) is 15.3. The van der Waals surface area contributed by atoms with Gasteiger partial charge in [-0.25, -0.2) is 4.98 Å². The van der Waals surface area contributed by atoms with E-state index < -0.39 is 18.8 Å². The van der Waals surface area contributed by atoms with Crippen LogP contribution in [0.5, 0.6) is 0 Å². The van der Waals surface area contributed by atoms with Gasteiger partial charge in [0.15, 0.2) is 5.82 Å². The van der Waals surface area contributed by atoms with E-state index in [9.17, 15) is 18.2 Å². The second-order valence-corrected chi connectivity index (χ2v) is 11.2. The number of halogens is 3. The Hall–Kier alpha value is -2.92. The fourth-order valence-corrected chi connectivity index (χ4v) is 4.51. The van der Waals surface area contributed by atoms with Crippen LogP contribution in [0.2, 0.25) is 0 Å². The van der Waals surface area contributed by atoms with Gasteiger partial charge in [-0.05, 0) is 48.2 Å². The van der Waals surface area contributed by atoms with Crippen molar-refractivity contribution in [2.24, 2.45) is 0 Å². The van der Waals surface area contributed by atoms with Gasteiger partial charge >= 0.3 is 25.1 Å². The van der Waals surface area contributed by atoms with Crippen molar-refractivity contribution in [2.45, 2.75) is 38.9 Å². The summed E-state index contributed by atoms with van der Waals surface area (Å²) in [6.07, 6.45) is 1.66. The van der Waals surface area contributed by atoms with Gasteiger partial charge in [-0.1, -0.05) is 86.1 Å². The molecule has 0 aliphatic heterocycles. The second-order valence-electron chi connectivity index (χ2n) is 9.55. The predicted molar refractivity (Wildman–Crippen MR) is 172 cm³/mol. The maximum absolute atomic E-state index is 13.8. The Morgan fingerprint density at radius 1 is 0.851 bits per heavy atom. The third-order valence-electron chi connectivity index (χ3n) is 6.29. The Labute approximate surface area is 293 Å². The molecule has 258 valence electrons. The van der Waals surface area contributed by atoms with E-state index in [2.05, 4.69) is 55.0 Å². The number of hydrogen-bond acceptors (Lipinski definition) is 7. The van der Waals surface area contributed by atoms with Crippen molar-refractivity contribution < 1.29 is 70.3 Å². The summed E-state index contributed by atoms with van der Waals surface area (Å²) >= 11 is 0. The molecule has 0 amide bonds. The fourth-order valence-electron chi connectivity index (χ4n) is 4.03. The Balaban J connectivity index is 0. The van der Waals surface area contributed by atoms with Crippen LogP contribution in [-0.2, 0) is 36.3 Å². The topological polar surface area (TPSA) is 152 Å². The van der Waals surface area contributed by atoms with Crippen LogP contribution < -0.4 is 17.3 Å². The molecule has 3 aromatic carbocycles. The van der Waals surface area contributed by atoms with Crippen molar-refractivity contribution in [3.05, 3.63) is 119 Å². The molecule has 0 spiro atoms. The zero-order chi connectivity index (χ0) is 34.2. The molecule has 2 aromatic heterocycles. The smallest absolute Gasteiger partial charge is 1.00 e. The average Bonchev–Trinajstić information content (AvgIpc) is 3.43. The quantitative estimate of drug-likeness (QED) is 0.152. The number of aryl methyl sites for hydroxylation is 1. The van der Waals surface area contributed by atoms with Crippen molar-refractivity contribution >= 4 is 18.6 Å². The Morgan fingerprint density at radius 3 is 1.87 bits per heavy atom. The summed E-state index contributed by atoms with van der Waals surface area (Å²) in [5.41, 5.74) is 0.568. The number of rotatable bonds is 6. The molecular weight excluding hydrogens is 740 g/mol. The van der Waals surface area contributed by atoms with Crippen LogP contribution in [0.4, 0.5) is 8.78 Å². The molecule has 9 nitrogen and oxygen atoms in total. The minimum absolute atomic E-state index is 0. The molecule has 1 unspecified atom stereocenters. The van der Waals surface area contributed by atoms with E-state index in [-0.39, 0.29) is 31.9 Å². The maximum Gasteiger partial charge on any atom is 2.00 e. The first kappa shape index (κ1) is 46.2. The number of aromatic nitrogens is 3. The average molecular weight is 781 g/mol. The number of aliphatic hydroxyl groups excluding tert-OH is 3.